The minimum Gasteiger partial charge on any atom is -0.493 e. The third-order valence-corrected chi connectivity index (χ3v) is 3.13. The van der Waals surface area contributed by atoms with Gasteiger partial charge < -0.3 is 14.8 Å². The number of fused-ring (bicyclic) bond motifs is 1. The number of halogens is 1. The normalized spacial score (nSPS) is 16.9. The predicted molar refractivity (Wildman–Crippen MR) is 73.3 cm³/mol. The second kappa shape index (κ2) is 5.96. The highest BCUT2D eigenvalue weighted by atomic mass is 35.5. The molecule has 0 aliphatic carbocycles. The number of unbranched alkanes of at least 4 members (excludes halogenated alkanes) is 1. The summed E-state index contributed by atoms with van der Waals surface area (Å²) in [6, 6.07) is 3.74. The SMILES string of the molecule is CCCCOc1cc2c(cc1OC)N=CNC2Cl. The van der Waals surface area contributed by atoms with E-state index in [1.54, 1.807) is 13.4 Å². The molecule has 2 rings (SSSR count). The number of hydrogen-bond acceptors (Lipinski definition) is 4. The van der Waals surface area contributed by atoms with Crippen molar-refractivity contribution >= 4 is 23.6 Å². The standard InChI is InChI=1S/C13H17ClN2O2/c1-3-4-5-18-12-6-9-10(7-11(12)17-2)15-8-16-13(9)14/h6-8,13H,3-5H2,1-2H3,(H,15,16). The van der Waals surface area contributed by atoms with Crippen LogP contribution in [-0.4, -0.2) is 20.1 Å². The molecule has 1 atom stereocenters. The molecule has 0 aromatic heterocycles. The molecule has 0 spiro atoms. The molecule has 1 heterocycles. The van der Waals surface area contributed by atoms with Gasteiger partial charge in [0.1, 0.15) is 5.50 Å². The summed E-state index contributed by atoms with van der Waals surface area (Å²) >= 11 is 6.18. The monoisotopic (exact) mass is 268 g/mol. The number of rotatable bonds is 5. The van der Waals surface area contributed by atoms with Crippen LogP contribution >= 0.6 is 11.6 Å². The molecule has 0 amide bonds. The fourth-order valence-corrected chi connectivity index (χ4v) is 1.97. The summed E-state index contributed by atoms with van der Waals surface area (Å²) in [7, 11) is 1.62. The number of nitrogens with one attached hydrogen (secondary N) is 1. The molecule has 4 nitrogen and oxygen atoms in total. The van der Waals surface area contributed by atoms with Gasteiger partial charge in [-0.15, -0.1) is 0 Å². The third-order valence-electron chi connectivity index (χ3n) is 2.77. The van der Waals surface area contributed by atoms with E-state index in [2.05, 4.69) is 17.2 Å². The van der Waals surface area contributed by atoms with E-state index in [1.165, 1.54) is 0 Å². The van der Waals surface area contributed by atoms with Crippen molar-refractivity contribution in [3.05, 3.63) is 17.7 Å². The Hall–Kier alpha value is -1.42. The van der Waals surface area contributed by atoms with E-state index in [4.69, 9.17) is 21.1 Å². The van der Waals surface area contributed by atoms with E-state index in [9.17, 15) is 0 Å². The average molecular weight is 269 g/mol. The van der Waals surface area contributed by atoms with Gasteiger partial charge in [0.05, 0.1) is 25.7 Å². The Bertz CT molecular complexity index is 449. The third kappa shape index (κ3) is 2.70. The van der Waals surface area contributed by atoms with Gasteiger partial charge in [0.2, 0.25) is 0 Å². The Morgan fingerprint density at radius 2 is 2.22 bits per heavy atom. The van der Waals surface area contributed by atoms with Gasteiger partial charge in [-0.2, -0.15) is 0 Å². The highest BCUT2D eigenvalue weighted by Gasteiger charge is 2.19. The van der Waals surface area contributed by atoms with E-state index in [0.717, 1.165) is 24.1 Å². The second-order valence-corrected chi connectivity index (χ2v) is 4.49. The van der Waals surface area contributed by atoms with Crippen LogP contribution in [0.3, 0.4) is 0 Å². The summed E-state index contributed by atoms with van der Waals surface area (Å²) in [6.45, 7) is 2.80. The fourth-order valence-electron chi connectivity index (χ4n) is 1.74. The average Bonchev–Trinajstić information content (AvgIpc) is 2.39. The van der Waals surface area contributed by atoms with Crippen molar-refractivity contribution in [2.24, 2.45) is 4.99 Å². The zero-order valence-corrected chi connectivity index (χ0v) is 11.3. The van der Waals surface area contributed by atoms with E-state index < -0.39 is 0 Å². The Kier molecular flexibility index (Phi) is 4.31. The van der Waals surface area contributed by atoms with Gasteiger partial charge in [0, 0.05) is 11.6 Å². The van der Waals surface area contributed by atoms with Crippen LogP contribution < -0.4 is 14.8 Å². The topological polar surface area (TPSA) is 42.9 Å². The molecule has 1 aliphatic heterocycles. The molecule has 1 aliphatic rings. The minimum atomic E-state index is -0.281. The molecule has 1 aromatic carbocycles. The number of nitrogens with zero attached hydrogens (tertiary/aromatic N) is 1. The van der Waals surface area contributed by atoms with Crippen molar-refractivity contribution in [1.82, 2.24) is 5.32 Å². The highest BCUT2D eigenvalue weighted by molar-refractivity contribution is 6.22. The second-order valence-electron chi connectivity index (χ2n) is 4.05. The number of ether oxygens (including phenoxy) is 2. The van der Waals surface area contributed by atoms with Crippen molar-refractivity contribution in [1.29, 1.82) is 0 Å². The molecule has 0 saturated heterocycles. The lowest BCUT2D eigenvalue weighted by Gasteiger charge is -2.20. The summed E-state index contributed by atoms with van der Waals surface area (Å²) in [4.78, 5) is 4.23. The fraction of sp³-hybridized carbons (Fsp3) is 0.462. The van der Waals surface area contributed by atoms with Crippen LogP contribution in [0.2, 0.25) is 0 Å². The molecular weight excluding hydrogens is 252 g/mol. The Morgan fingerprint density at radius 1 is 1.39 bits per heavy atom. The lowest BCUT2D eigenvalue weighted by molar-refractivity contribution is 0.288. The summed E-state index contributed by atoms with van der Waals surface area (Å²) in [5, 5.41) is 2.95. The van der Waals surface area contributed by atoms with Gasteiger partial charge in [-0.3, -0.25) is 0 Å². The first-order valence-corrected chi connectivity index (χ1v) is 6.47. The minimum absolute atomic E-state index is 0.281. The van der Waals surface area contributed by atoms with Gasteiger partial charge in [-0.1, -0.05) is 24.9 Å². The Balaban J connectivity index is 2.28. The first-order chi connectivity index (χ1) is 8.76. The number of alkyl halides is 1. The molecule has 0 radical (unpaired) electrons. The van der Waals surface area contributed by atoms with Crippen LogP contribution in [0.1, 0.15) is 30.8 Å². The number of benzene rings is 1. The van der Waals surface area contributed by atoms with Gasteiger partial charge in [-0.25, -0.2) is 4.99 Å². The molecular formula is C13H17ClN2O2. The first-order valence-electron chi connectivity index (χ1n) is 6.03. The predicted octanol–water partition coefficient (Wildman–Crippen LogP) is 3.37. The van der Waals surface area contributed by atoms with Crippen molar-refractivity contribution in [3.8, 4) is 11.5 Å². The van der Waals surface area contributed by atoms with Crippen molar-refractivity contribution < 1.29 is 9.47 Å². The lowest BCUT2D eigenvalue weighted by atomic mass is 10.1. The van der Waals surface area contributed by atoms with Crippen LogP contribution in [0.25, 0.3) is 0 Å². The van der Waals surface area contributed by atoms with E-state index in [1.807, 2.05) is 12.1 Å². The van der Waals surface area contributed by atoms with Crippen molar-refractivity contribution in [3.63, 3.8) is 0 Å². The molecule has 0 saturated carbocycles. The number of hydrogen-bond donors (Lipinski definition) is 1. The molecule has 5 heteroatoms. The molecule has 1 unspecified atom stereocenters. The van der Waals surface area contributed by atoms with Crippen LogP contribution in [0.4, 0.5) is 5.69 Å². The molecule has 18 heavy (non-hydrogen) atoms. The van der Waals surface area contributed by atoms with Crippen LogP contribution in [-0.2, 0) is 0 Å². The first kappa shape index (κ1) is 13.0. The van der Waals surface area contributed by atoms with Crippen LogP contribution in [0, 0.1) is 0 Å². The van der Waals surface area contributed by atoms with Gasteiger partial charge in [0.15, 0.2) is 11.5 Å². The van der Waals surface area contributed by atoms with E-state index in [0.29, 0.717) is 18.1 Å². The maximum atomic E-state index is 6.18. The number of aliphatic imine (C=N–C) groups is 1. The molecule has 1 N–H and O–H groups in total. The van der Waals surface area contributed by atoms with Gasteiger partial charge >= 0.3 is 0 Å². The summed E-state index contributed by atoms with van der Waals surface area (Å²) in [5.74, 6) is 1.40. The Morgan fingerprint density at radius 3 is 2.94 bits per heavy atom. The molecule has 98 valence electrons. The summed E-state index contributed by atoms with van der Waals surface area (Å²) in [6.07, 6.45) is 3.70. The highest BCUT2D eigenvalue weighted by Crippen LogP contribution is 2.39. The summed E-state index contributed by atoms with van der Waals surface area (Å²) in [5.41, 5.74) is 1.44. The maximum absolute atomic E-state index is 6.18. The zero-order valence-electron chi connectivity index (χ0n) is 10.6. The van der Waals surface area contributed by atoms with Crippen molar-refractivity contribution in [2.45, 2.75) is 25.3 Å². The Labute approximate surface area is 112 Å². The van der Waals surface area contributed by atoms with E-state index >= 15 is 0 Å². The molecule has 1 aromatic rings. The van der Waals surface area contributed by atoms with Crippen LogP contribution in [0.15, 0.2) is 17.1 Å². The van der Waals surface area contributed by atoms with E-state index in [-0.39, 0.29) is 5.50 Å². The number of methoxy groups -OCH3 is 1. The largest absolute Gasteiger partial charge is 0.493 e. The van der Waals surface area contributed by atoms with Gasteiger partial charge in [0.25, 0.3) is 0 Å². The maximum Gasteiger partial charge on any atom is 0.162 e. The zero-order chi connectivity index (χ0) is 13.0. The van der Waals surface area contributed by atoms with Crippen molar-refractivity contribution in [2.75, 3.05) is 13.7 Å². The van der Waals surface area contributed by atoms with Crippen LogP contribution in [0.5, 0.6) is 11.5 Å². The van der Waals surface area contributed by atoms with Gasteiger partial charge in [-0.05, 0) is 12.5 Å². The quantitative estimate of drug-likeness (QED) is 0.506. The lowest BCUT2D eigenvalue weighted by Crippen LogP contribution is -2.18. The smallest absolute Gasteiger partial charge is 0.162 e. The molecule has 0 bridgehead atoms. The molecule has 0 fully saturated rings. The summed E-state index contributed by atoms with van der Waals surface area (Å²) < 4.78 is 11.0.